The van der Waals surface area contributed by atoms with E-state index in [-0.39, 0.29) is 33.8 Å². The van der Waals surface area contributed by atoms with Crippen molar-refractivity contribution in [3.63, 3.8) is 0 Å². The lowest BCUT2D eigenvalue weighted by molar-refractivity contribution is -0.137. The minimum atomic E-state index is -5.07. The van der Waals surface area contributed by atoms with Crippen LogP contribution in [0.2, 0.25) is 0 Å². The molecule has 2 aromatic carbocycles. The molecule has 0 atom stereocenters. The zero-order valence-electron chi connectivity index (χ0n) is 36.7. The second-order valence-corrected chi connectivity index (χ2v) is 16.5. The van der Waals surface area contributed by atoms with E-state index in [0.29, 0.717) is 28.0 Å². The number of rotatable bonds is 13. The molecule has 0 saturated carbocycles. The van der Waals surface area contributed by atoms with E-state index in [4.69, 9.17) is 18.9 Å². The molecule has 0 aliphatic heterocycles. The zero-order chi connectivity index (χ0) is 46.6. The highest BCUT2D eigenvalue weighted by molar-refractivity contribution is 6.69. The fraction of sp³-hybridized carbons (Fsp3) is 0.524. The Kier molecular flexibility index (Phi) is 14.8. The summed E-state index contributed by atoms with van der Waals surface area (Å²) in [5.41, 5.74) is -10.6. The van der Waals surface area contributed by atoms with Gasteiger partial charge in [-0.3, -0.25) is 9.59 Å². The summed E-state index contributed by atoms with van der Waals surface area (Å²) in [7, 11) is 0. The SMILES string of the molecule is CCC(C)(C)OC(=O)N(/N=C(\C(C)=O)C(=O)N(C(=O)OC(C)(C)CC)c1ccc2c(c1)n(C(=O)OC(C)(C)CC)c(=O)n2C(=O)OC(C)(C)CC)c1ccccc1C(F)(F)F. The van der Waals surface area contributed by atoms with Crippen LogP contribution in [-0.2, 0) is 34.7 Å². The third kappa shape index (κ3) is 11.6. The number of anilines is 2. The van der Waals surface area contributed by atoms with E-state index in [1.807, 2.05) is 0 Å². The summed E-state index contributed by atoms with van der Waals surface area (Å²) in [6.45, 7) is 19.9. The second kappa shape index (κ2) is 18.3. The van der Waals surface area contributed by atoms with Crippen molar-refractivity contribution in [3.8, 4) is 0 Å². The van der Waals surface area contributed by atoms with Crippen LogP contribution in [0, 0.1) is 0 Å². The number of hydrogen-bond acceptors (Lipinski definition) is 12. The lowest BCUT2D eigenvalue weighted by Crippen LogP contribution is -2.47. The predicted molar refractivity (Wildman–Crippen MR) is 220 cm³/mol. The van der Waals surface area contributed by atoms with Crippen LogP contribution in [0.15, 0.2) is 52.4 Å². The Morgan fingerprint density at radius 3 is 1.54 bits per heavy atom. The first-order chi connectivity index (χ1) is 28.0. The summed E-state index contributed by atoms with van der Waals surface area (Å²) in [4.78, 5) is 97.6. The highest BCUT2D eigenvalue weighted by Gasteiger charge is 2.41. The molecule has 3 aromatic rings. The molecule has 0 unspecified atom stereocenters. The molecule has 61 heavy (non-hydrogen) atoms. The Hall–Kier alpha value is -6.01. The number of ether oxygens (including phenoxy) is 4. The third-order valence-corrected chi connectivity index (χ3v) is 10.0. The van der Waals surface area contributed by atoms with Crippen LogP contribution < -0.4 is 15.6 Å². The first-order valence-corrected chi connectivity index (χ1v) is 19.6. The fourth-order valence-corrected chi connectivity index (χ4v) is 4.96. The quantitative estimate of drug-likeness (QED) is 0.0690. The van der Waals surface area contributed by atoms with Gasteiger partial charge in [-0.15, -0.1) is 0 Å². The average molecular weight is 862 g/mol. The number of aromatic nitrogens is 2. The number of para-hydroxylation sites is 1. The number of nitrogens with zero attached hydrogens (tertiary/aromatic N) is 5. The maximum atomic E-state index is 14.7. The molecule has 0 aliphatic rings. The number of amides is 3. The fourth-order valence-electron chi connectivity index (χ4n) is 4.96. The van der Waals surface area contributed by atoms with Crippen molar-refractivity contribution >= 4 is 64.2 Å². The Labute approximate surface area is 351 Å². The van der Waals surface area contributed by atoms with Gasteiger partial charge in [0.25, 0.3) is 5.91 Å². The number of fused-ring (bicyclic) bond motifs is 1. The molecular weight excluding hydrogens is 807 g/mol. The Bertz CT molecular complexity index is 2290. The number of hydrogen-bond donors (Lipinski definition) is 0. The number of halogens is 3. The summed E-state index contributed by atoms with van der Waals surface area (Å²) < 4.78 is 66.4. The van der Waals surface area contributed by atoms with Crippen molar-refractivity contribution in [1.29, 1.82) is 0 Å². The first kappa shape index (κ1) is 49.4. The predicted octanol–water partition coefficient (Wildman–Crippen LogP) is 9.60. The standard InChI is InChI=1S/C42H54F3N5O11/c1-14-38(6,7)58-34(54)47(32(52)31(25(5)51)46-50(37(57)61-41(12,13)17-4)28-21-19-18-20-27(28)42(43,44)45)26-22-23-29-30(24-26)49(36(56)60-40(10,11)16-3)33(53)48(29)35(55)59-39(8,9)15-2/h18-24H,14-17H2,1-13H3/b46-31+. The van der Waals surface area contributed by atoms with Crippen molar-refractivity contribution in [2.24, 2.45) is 5.10 Å². The van der Waals surface area contributed by atoms with Crippen molar-refractivity contribution in [2.45, 2.75) is 144 Å². The van der Waals surface area contributed by atoms with Gasteiger partial charge in [0.05, 0.1) is 28.0 Å². The number of Topliss-reactive ketones (excluding diaryl/α,β-unsaturated/α-hetero) is 1. The van der Waals surface area contributed by atoms with Crippen LogP contribution in [0.25, 0.3) is 11.0 Å². The van der Waals surface area contributed by atoms with Gasteiger partial charge in [0.1, 0.15) is 22.4 Å². The highest BCUT2D eigenvalue weighted by Crippen LogP contribution is 2.37. The van der Waals surface area contributed by atoms with Gasteiger partial charge < -0.3 is 18.9 Å². The van der Waals surface area contributed by atoms with Crippen LogP contribution in [0.1, 0.15) is 121 Å². The molecule has 0 fully saturated rings. The molecule has 3 rings (SSSR count). The van der Waals surface area contributed by atoms with Crippen molar-refractivity contribution in [3.05, 3.63) is 58.5 Å². The molecule has 16 nitrogen and oxygen atoms in total. The topological polar surface area (TPSA) is 185 Å². The first-order valence-electron chi connectivity index (χ1n) is 19.6. The van der Waals surface area contributed by atoms with Gasteiger partial charge >= 0.3 is 36.2 Å². The lowest BCUT2D eigenvalue weighted by Gasteiger charge is -2.29. The van der Waals surface area contributed by atoms with Gasteiger partial charge in [0.2, 0.25) is 0 Å². The van der Waals surface area contributed by atoms with Gasteiger partial charge in [-0.1, -0.05) is 39.8 Å². The van der Waals surface area contributed by atoms with Crippen molar-refractivity contribution < 1.29 is 60.9 Å². The molecular formula is C42H54F3N5O11. The van der Waals surface area contributed by atoms with E-state index < -0.39 is 93.0 Å². The molecule has 0 N–H and O–H groups in total. The normalized spacial score (nSPS) is 12.8. The molecule has 0 aliphatic carbocycles. The molecule has 0 bridgehead atoms. The minimum absolute atomic E-state index is 0.101. The smallest absolute Gasteiger partial charge is 0.435 e. The summed E-state index contributed by atoms with van der Waals surface area (Å²) in [6.07, 6.45) is -9.40. The summed E-state index contributed by atoms with van der Waals surface area (Å²) >= 11 is 0. The summed E-state index contributed by atoms with van der Waals surface area (Å²) in [6, 6.07) is 6.89. The Balaban J connectivity index is 2.48. The van der Waals surface area contributed by atoms with Gasteiger partial charge in [-0.25, -0.2) is 28.9 Å². The molecule has 19 heteroatoms. The number of alkyl halides is 3. The van der Waals surface area contributed by atoms with Gasteiger partial charge in [-0.2, -0.15) is 32.4 Å². The van der Waals surface area contributed by atoms with Gasteiger partial charge in [0, 0.05) is 6.92 Å². The van der Waals surface area contributed by atoms with E-state index >= 15 is 0 Å². The number of carbonyl (C=O) groups excluding carboxylic acids is 6. The highest BCUT2D eigenvalue weighted by atomic mass is 19.4. The lowest BCUT2D eigenvalue weighted by atomic mass is 10.1. The number of imide groups is 1. The van der Waals surface area contributed by atoms with Crippen molar-refractivity contribution in [1.82, 2.24) is 9.13 Å². The molecule has 0 saturated heterocycles. The minimum Gasteiger partial charge on any atom is -0.443 e. The van der Waals surface area contributed by atoms with Crippen LogP contribution in [-0.4, -0.2) is 73.3 Å². The maximum Gasteiger partial charge on any atom is 0.435 e. The summed E-state index contributed by atoms with van der Waals surface area (Å²) in [5, 5.41) is 3.96. The number of imidazole rings is 1. The average Bonchev–Trinajstić information content (AvgIpc) is 3.45. The van der Waals surface area contributed by atoms with Crippen LogP contribution >= 0.6 is 0 Å². The molecule has 3 amide bonds. The van der Waals surface area contributed by atoms with E-state index in [0.717, 1.165) is 43.3 Å². The maximum absolute atomic E-state index is 14.7. The number of carbonyl (C=O) groups is 6. The Morgan fingerprint density at radius 2 is 1.08 bits per heavy atom. The monoisotopic (exact) mass is 861 g/mol. The van der Waals surface area contributed by atoms with Crippen molar-refractivity contribution in [2.75, 3.05) is 9.91 Å². The number of benzene rings is 2. The van der Waals surface area contributed by atoms with Crippen LogP contribution in [0.3, 0.4) is 0 Å². The number of hydrazone groups is 1. The number of ketones is 1. The molecule has 1 aromatic heterocycles. The molecule has 1 heterocycles. The summed E-state index contributed by atoms with van der Waals surface area (Å²) in [5.74, 6) is -2.82. The van der Waals surface area contributed by atoms with Crippen LogP contribution in [0.4, 0.5) is 43.7 Å². The van der Waals surface area contributed by atoms with E-state index in [1.165, 1.54) is 27.7 Å². The second-order valence-electron chi connectivity index (χ2n) is 16.5. The van der Waals surface area contributed by atoms with Gasteiger partial charge in [0.15, 0.2) is 11.5 Å². The third-order valence-electron chi connectivity index (χ3n) is 10.0. The molecule has 334 valence electrons. The van der Waals surface area contributed by atoms with Crippen LogP contribution in [0.5, 0.6) is 0 Å². The largest absolute Gasteiger partial charge is 0.443 e. The van der Waals surface area contributed by atoms with E-state index in [2.05, 4.69) is 5.10 Å². The van der Waals surface area contributed by atoms with Gasteiger partial charge in [-0.05, 0) is 111 Å². The molecule has 0 spiro atoms. The van der Waals surface area contributed by atoms with E-state index in [1.54, 1.807) is 55.4 Å². The Morgan fingerprint density at radius 1 is 0.639 bits per heavy atom. The zero-order valence-corrected chi connectivity index (χ0v) is 36.7. The molecule has 0 radical (unpaired) electrons. The van der Waals surface area contributed by atoms with E-state index in [9.17, 15) is 46.7 Å².